The zero-order valence-electron chi connectivity index (χ0n) is 17.9. The number of thioether (sulfide) groups is 1. The van der Waals surface area contributed by atoms with E-state index in [4.69, 9.17) is 14.2 Å². The smallest absolute Gasteiger partial charge is 0.328 e. The monoisotopic (exact) mass is 438 g/mol. The van der Waals surface area contributed by atoms with Crippen LogP contribution >= 0.6 is 11.8 Å². The molecule has 166 valence electrons. The van der Waals surface area contributed by atoms with Crippen LogP contribution in [0.1, 0.15) is 36.5 Å². The minimum atomic E-state index is -0.705. The normalized spacial score (nSPS) is 15.3. The van der Waals surface area contributed by atoms with E-state index in [0.29, 0.717) is 36.6 Å². The van der Waals surface area contributed by atoms with E-state index in [2.05, 4.69) is 5.32 Å². The number of ether oxygens (including phenoxy) is 3. The first kappa shape index (κ1) is 23.9. The number of carbonyl (C=O) groups is 3. The minimum Gasteiger partial charge on any atom is -0.493 e. The van der Waals surface area contributed by atoms with Crippen LogP contribution in [0.15, 0.2) is 18.2 Å². The fourth-order valence-corrected chi connectivity index (χ4v) is 3.71. The van der Waals surface area contributed by atoms with Crippen molar-refractivity contribution in [2.75, 3.05) is 39.3 Å². The number of benzene rings is 1. The number of likely N-dealkylation sites (tertiary alicyclic amines) is 1. The van der Waals surface area contributed by atoms with Gasteiger partial charge in [0.1, 0.15) is 12.1 Å². The lowest BCUT2D eigenvalue weighted by Crippen LogP contribution is -2.42. The van der Waals surface area contributed by atoms with Gasteiger partial charge < -0.3 is 24.4 Å². The average molecular weight is 439 g/mol. The lowest BCUT2D eigenvalue weighted by atomic mass is 10.1. The van der Waals surface area contributed by atoms with Crippen LogP contribution in [0.25, 0.3) is 0 Å². The summed E-state index contributed by atoms with van der Waals surface area (Å²) in [6.45, 7) is 2.89. The highest BCUT2D eigenvalue weighted by atomic mass is 32.2. The molecule has 1 atom stereocenters. The van der Waals surface area contributed by atoms with Crippen molar-refractivity contribution in [1.82, 2.24) is 10.2 Å². The van der Waals surface area contributed by atoms with Crippen LogP contribution in [0.2, 0.25) is 0 Å². The molecule has 0 aliphatic carbocycles. The quantitative estimate of drug-likeness (QED) is 0.590. The van der Waals surface area contributed by atoms with Crippen LogP contribution < -0.4 is 14.8 Å². The van der Waals surface area contributed by atoms with E-state index in [0.717, 1.165) is 18.6 Å². The van der Waals surface area contributed by atoms with Gasteiger partial charge in [-0.3, -0.25) is 9.59 Å². The molecule has 0 bridgehead atoms. The number of methoxy groups -OCH3 is 2. The molecule has 1 aromatic carbocycles. The number of carbonyl (C=O) groups excluding carboxylic acids is 3. The van der Waals surface area contributed by atoms with Crippen molar-refractivity contribution in [3.63, 3.8) is 0 Å². The first-order valence-electron chi connectivity index (χ1n) is 9.87. The minimum absolute atomic E-state index is 0.0237. The number of amides is 2. The van der Waals surface area contributed by atoms with Crippen LogP contribution in [0, 0.1) is 0 Å². The molecule has 1 aliphatic heterocycles. The molecule has 1 fully saturated rings. The molecule has 9 heteroatoms. The summed E-state index contributed by atoms with van der Waals surface area (Å²) in [7, 11) is 2.81. The Bertz CT molecular complexity index is 749. The summed E-state index contributed by atoms with van der Waals surface area (Å²) < 4.78 is 16.3. The fourth-order valence-electron chi connectivity index (χ4n) is 3.24. The molecular weight excluding hydrogens is 408 g/mol. The fraction of sp³-hybridized carbons (Fsp3) is 0.571. The molecule has 30 heavy (non-hydrogen) atoms. The molecule has 0 unspecified atom stereocenters. The predicted molar refractivity (Wildman–Crippen MR) is 115 cm³/mol. The number of nitrogens with one attached hydrogen (secondary N) is 1. The molecule has 1 aliphatic rings. The summed E-state index contributed by atoms with van der Waals surface area (Å²) in [5.74, 6) is 0.924. The highest BCUT2D eigenvalue weighted by molar-refractivity contribution is 7.98. The van der Waals surface area contributed by atoms with Crippen molar-refractivity contribution >= 4 is 29.5 Å². The molecule has 0 saturated carbocycles. The van der Waals surface area contributed by atoms with Gasteiger partial charge in [0.15, 0.2) is 11.5 Å². The van der Waals surface area contributed by atoms with E-state index < -0.39 is 12.0 Å². The van der Waals surface area contributed by atoms with Gasteiger partial charge in [0.2, 0.25) is 5.91 Å². The standard InChI is InChI=1S/C21H30N2O6S/c1-14(24)23-10-7-16(8-11-23)29-18-6-5-15(13-19(18)27-2)20(25)22-17(9-12-30-4)21(26)28-3/h5-6,13,16-17H,7-12H2,1-4H3,(H,22,25)/t17-/m1/s1. The van der Waals surface area contributed by atoms with Crippen LogP contribution in [0.3, 0.4) is 0 Å². The summed E-state index contributed by atoms with van der Waals surface area (Å²) in [4.78, 5) is 37.8. The van der Waals surface area contributed by atoms with Gasteiger partial charge in [-0.05, 0) is 36.6 Å². The largest absolute Gasteiger partial charge is 0.493 e. The molecule has 2 amide bonds. The SMILES string of the molecule is COC(=O)[C@@H](CCSC)NC(=O)c1ccc(OC2CCN(C(C)=O)CC2)c(OC)c1. The number of piperidine rings is 1. The average Bonchev–Trinajstić information content (AvgIpc) is 2.76. The van der Waals surface area contributed by atoms with Gasteiger partial charge in [0.05, 0.1) is 14.2 Å². The topological polar surface area (TPSA) is 94.2 Å². The lowest BCUT2D eigenvalue weighted by molar-refractivity contribution is -0.142. The van der Waals surface area contributed by atoms with Gasteiger partial charge >= 0.3 is 5.97 Å². The third-order valence-corrected chi connectivity index (χ3v) is 5.65. The summed E-state index contributed by atoms with van der Waals surface area (Å²) in [6, 6.07) is 4.22. The highest BCUT2D eigenvalue weighted by Crippen LogP contribution is 2.30. The van der Waals surface area contributed by atoms with Gasteiger partial charge in [-0.15, -0.1) is 0 Å². The van der Waals surface area contributed by atoms with E-state index in [9.17, 15) is 14.4 Å². The molecule has 2 rings (SSSR count). The Morgan fingerprint density at radius 3 is 2.47 bits per heavy atom. The van der Waals surface area contributed by atoms with Crippen molar-refractivity contribution < 1.29 is 28.6 Å². The van der Waals surface area contributed by atoms with Crippen molar-refractivity contribution in [2.45, 2.75) is 38.3 Å². The lowest BCUT2D eigenvalue weighted by Gasteiger charge is -2.31. The molecule has 0 spiro atoms. The third-order valence-electron chi connectivity index (χ3n) is 5.01. The molecule has 0 radical (unpaired) electrons. The Morgan fingerprint density at radius 1 is 1.20 bits per heavy atom. The second kappa shape index (κ2) is 11.7. The summed E-state index contributed by atoms with van der Waals surface area (Å²) >= 11 is 1.59. The van der Waals surface area contributed by atoms with E-state index in [1.54, 1.807) is 41.8 Å². The van der Waals surface area contributed by atoms with E-state index >= 15 is 0 Å². The Labute approximate surface area is 181 Å². The van der Waals surface area contributed by atoms with Gasteiger partial charge in [-0.25, -0.2) is 4.79 Å². The molecule has 1 N–H and O–H groups in total. The Morgan fingerprint density at radius 2 is 1.90 bits per heavy atom. The van der Waals surface area contributed by atoms with Crippen LogP contribution in [0.5, 0.6) is 11.5 Å². The van der Waals surface area contributed by atoms with Crippen molar-refractivity contribution in [1.29, 1.82) is 0 Å². The number of nitrogens with zero attached hydrogens (tertiary/aromatic N) is 1. The second-order valence-electron chi connectivity index (χ2n) is 7.02. The summed E-state index contributed by atoms with van der Waals surface area (Å²) in [6.07, 6.45) is 3.87. The van der Waals surface area contributed by atoms with E-state index in [1.165, 1.54) is 14.2 Å². The van der Waals surface area contributed by atoms with Crippen molar-refractivity contribution in [3.8, 4) is 11.5 Å². The Kier molecular flexibility index (Phi) is 9.29. The molecule has 1 aromatic rings. The Hall–Kier alpha value is -2.42. The first-order valence-corrected chi connectivity index (χ1v) is 11.3. The van der Waals surface area contributed by atoms with Gasteiger partial charge in [-0.1, -0.05) is 0 Å². The summed E-state index contributed by atoms with van der Waals surface area (Å²) in [5.41, 5.74) is 0.364. The first-order chi connectivity index (χ1) is 14.4. The molecule has 8 nitrogen and oxygen atoms in total. The maximum Gasteiger partial charge on any atom is 0.328 e. The highest BCUT2D eigenvalue weighted by Gasteiger charge is 2.25. The molecule has 1 saturated heterocycles. The third kappa shape index (κ3) is 6.55. The van der Waals surface area contributed by atoms with Gasteiger partial charge in [0, 0.05) is 38.4 Å². The van der Waals surface area contributed by atoms with Crippen LogP contribution in [-0.2, 0) is 14.3 Å². The van der Waals surface area contributed by atoms with Crippen LogP contribution in [0.4, 0.5) is 0 Å². The maximum atomic E-state index is 12.6. The maximum absolute atomic E-state index is 12.6. The zero-order valence-corrected chi connectivity index (χ0v) is 18.8. The number of hydrogen-bond donors (Lipinski definition) is 1. The number of rotatable bonds is 9. The second-order valence-corrected chi connectivity index (χ2v) is 8.01. The van der Waals surface area contributed by atoms with Gasteiger partial charge in [0.25, 0.3) is 5.91 Å². The molecular formula is C21H30N2O6S. The zero-order chi connectivity index (χ0) is 22.1. The van der Waals surface area contributed by atoms with Crippen molar-refractivity contribution in [2.24, 2.45) is 0 Å². The van der Waals surface area contributed by atoms with Gasteiger partial charge in [-0.2, -0.15) is 11.8 Å². The molecule has 1 heterocycles. The van der Waals surface area contributed by atoms with E-state index in [-0.39, 0.29) is 17.9 Å². The number of hydrogen-bond acceptors (Lipinski definition) is 7. The number of esters is 1. The molecule has 0 aromatic heterocycles. The van der Waals surface area contributed by atoms with Crippen LogP contribution in [-0.4, -0.2) is 74.1 Å². The predicted octanol–water partition coefficient (Wildman–Crippen LogP) is 2.11. The van der Waals surface area contributed by atoms with Crippen molar-refractivity contribution in [3.05, 3.63) is 23.8 Å². The Balaban J connectivity index is 2.04. The summed E-state index contributed by atoms with van der Waals surface area (Å²) in [5, 5.41) is 2.73. The van der Waals surface area contributed by atoms with E-state index in [1.807, 2.05) is 6.26 Å².